The van der Waals surface area contributed by atoms with E-state index in [-0.39, 0.29) is 24.4 Å². The van der Waals surface area contributed by atoms with Gasteiger partial charge in [-0.2, -0.15) is 0 Å². The smallest absolute Gasteiger partial charge is 0.325 e. The Morgan fingerprint density at radius 1 is 1.25 bits per heavy atom. The van der Waals surface area contributed by atoms with Crippen molar-refractivity contribution in [1.82, 2.24) is 20.9 Å². The van der Waals surface area contributed by atoms with E-state index in [1.54, 1.807) is 4.90 Å². The minimum Gasteiger partial charge on any atom is -0.480 e. The second-order valence-corrected chi connectivity index (χ2v) is 6.18. The third-order valence-corrected chi connectivity index (χ3v) is 4.37. The van der Waals surface area contributed by atoms with Crippen LogP contribution in [0, 0.1) is 0 Å². The van der Waals surface area contributed by atoms with Crippen LogP contribution in [0.15, 0.2) is 0 Å². The quantitative estimate of drug-likeness (QED) is 0.463. The number of nitrogens with one attached hydrogen (secondary N) is 3. The first-order chi connectivity index (χ1) is 11.4. The topological polar surface area (TPSA) is 128 Å². The molecule has 2 rings (SSSR count). The molecular formula is C15H24N4O5. The highest BCUT2D eigenvalue weighted by atomic mass is 16.4. The molecule has 24 heavy (non-hydrogen) atoms. The molecule has 9 heteroatoms. The summed E-state index contributed by atoms with van der Waals surface area (Å²) < 4.78 is 0. The molecule has 0 spiro atoms. The van der Waals surface area contributed by atoms with Gasteiger partial charge in [0.1, 0.15) is 12.1 Å². The van der Waals surface area contributed by atoms with E-state index in [0.29, 0.717) is 13.0 Å². The van der Waals surface area contributed by atoms with Crippen LogP contribution in [0.4, 0.5) is 0 Å². The number of likely N-dealkylation sites (tertiary alicyclic amines) is 1. The van der Waals surface area contributed by atoms with Crippen molar-refractivity contribution in [2.24, 2.45) is 0 Å². The van der Waals surface area contributed by atoms with Crippen molar-refractivity contribution < 1.29 is 24.3 Å². The van der Waals surface area contributed by atoms with Crippen LogP contribution in [0.2, 0.25) is 0 Å². The summed E-state index contributed by atoms with van der Waals surface area (Å²) in [5, 5.41) is 16.6. The lowest BCUT2D eigenvalue weighted by molar-refractivity contribution is -0.141. The number of aliphatic carboxylic acids is 1. The van der Waals surface area contributed by atoms with Crippen LogP contribution in [-0.2, 0) is 19.2 Å². The normalized spacial score (nSPS) is 24.5. The van der Waals surface area contributed by atoms with Crippen molar-refractivity contribution in [3.63, 3.8) is 0 Å². The van der Waals surface area contributed by atoms with Gasteiger partial charge in [-0.3, -0.25) is 19.2 Å². The zero-order valence-corrected chi connectivity index (χ0v) is 13.7. The Balaban J connectivity index is 1.83. The molecule has 2 aliphatic rings. The average Bonchev–Trinajstić information content (AvgIpc) is 3.22. The summed E-state index contributed by atoms with van der Waals surface area (Å²) in [6, 6.07) is -1.81. The van der Waals surface area contributed by atoms with E-state index in [1.807, 2.05) is 0 Å². The number of nitrogens with zero attached hydrogens (tertiary/aromatic N) is 1. The van der Waals surface area contributed by atoms with E-state index >= 15 is 0 Å². The molecule has 2 saturated heterocycles. The molecular weight excluding hydrogens is 316 g/mol. The first-order valence-corrected chi connectivity index (χ1v) is 8.24. The lowest BCUT2D eigenvalue weighted by Crippen LogP contribution is -2.52. The predicted octanol–water partition coefficient (Wildman–Crippen LogP) is -1.57. The molecule has 3 unspecified atom stereocenters. The standard InChI is InChI=1S/C15H24N4O5/c1-9(15(23)24)18-12(20)8-17-13(21)11-5-3-7-19(11)14(22)10-4-2-6-16-10/h9-11,16H,2-8H2,1H3,(H,17,21)(H,18,20)(H,23,24). The molecule has 0 bridgehead atoms. The number of carbonyl (C=O) groups is 4. The van der Waals surface area contributed by atoms with Gasteiger partial charge in [-0.05, 0) is 39.2 Å². The predicted molar refractivity (Wildman–Crippen MR) is 84.0 cm³/mol. The number of hydrogen-bond acceptors (Lipinski definition) is 5. The number of rotatable bonds is 6. The molecule has 2 fully saturated rings. The average molecular weight is 340 g/mol. The fourth-order valence-corrected chi connectivity index (χ4v) is 3.04. The second kappa shape index (κ2) is 8.09. The van der Waals surface area contributed by atoms with Crippen molar-refractivity contribution >= 4 is 23.7 Å². The van der Waals surface area contributed by atoms with Crippen LogP contribution < -0.4 is 16.0 Å². The van der Waals surface area contributed by atoms with Crippen LogP contribution >= 0.6 is 0 Å². The fraction of sp³-hybridized carbons (Fsp3) is 0.733. The largest absolute Gasteiger partial charge is 0.480 e. The summed E-state index contributed by atoms with van der Waals surface area (Å²) in [5.74, 6) is -2.16. The van der Waals surface area contributed by atoms with E-state index in [4.69, 9.17) is 5.11 Å². The van der Waals surface area contributed by atoms with Gasteiger partial charge < -0.3 is 26.0 Å². The van der Waals surface area contributed by atoms with Crippen LogP contribution in [0.1, 0.15) is 32.6 Å². The number of carbonyl (C=O) groups excluding carboxylic acids is 3. The van der Waals surface area contributed by atoms with E-state index in [1.165, 1.54) is 6.92 Å². The summed E-state index contributed by atoms with van der Waals surface area (Å²) in [7, 11) is 0. The maximum absolute atomic E-state index is 12.5. The Hall–Kier alpha value is -2.16. The highest BCUT2D eigenvalue weighted by molar-refractivity contribution is 5.93. The Labute approximate surface area is 140 Å². The second-order valence-electron chi connectivity index (χ2n) is 6.18. The van der Waals surface area contributed by atoms with E-state index in [2.05, 4.69) is 16.0 Å². The molecule has 0 aromatic rings. The van der Waals surface area contributed by atoms with Crippen LogP contribution in [0.3, 0.4) is 0 Å². The lowest BCUT2D eigenvalue weighted by atomic mass is 10.1. The summed E-state index contributed by atoms with van der Waals surface area (Å²) in [5.41, 5.74) is 0. The molecule has 2 aliphatic heterocycles. The number of carboxylic acid groups (broad SMARTS) is 1. The van der Waals surface area contributed by atoms with Gasteiger partial charge in [0, 0.05) is 6.54 Å². The molecule has 0 radical (unpaired) electrons. The Morgan fingerprint density at radius 3 is 2.62 bits per heavy atom. The van der Waals surface area contributed by atoms with Gasteiger partial charge in [0.2, 0.25) is 17.7 Å². The van der Waals surface area contributed by atoms with Crippen molar-refractivity contribution in [2.45, 2.75) is 50.7 Å². The monoisotopic (exact) mass is 340 g/mol. The summed E-state index contributed by atoms with van der Waals surface area (Å²) >= 11 is 0. The molecule has 134 valence electrons. The van der Waals surface area contributed by atoms with Gasteiger partial charge in [-0.1, -0.05) is 0 Å². The van der Waals surface area contributed by atoms with Crippen molar-refractivity contribution in [3.8, 4) is 0 Å². The SMILES string of the molecule is CC(NC(=O)CNC(=O)C1CCCN1C(=O)C1CCCN1)C(=O)O. The summed E-state index contributed by atoms with van der Waals surface area (Å²) in [6.07, 6.45) is 3.04. The maximum Gasteiger partial charge on any atom is 0.325 e. The summed E-state index contributed by atoms with van der Waals surface area (Å²) in [4.78, 5) is 48.6. The molecule has 3 amide bonds. The highest BCUT2D eigenvalue weighted by Gasteiger charge is 2.37. The van der Waals surface area contributed by atoms with Crippen LogP contribution in [-0.4, -0.2) is 71.5 Å². The molecule has 3 atom stereocenters. The molecule has 4 N–H and O–H groups in total. The minimum atomic E-state index is -1.15. The zero-order chi connectivity index (χ0) is 17.7. The Morgan fingerprint density at radius 2 is 2.00 bits per heavy atom. The first-order valence-electron chi connectivity index (χ1n) is 8.24. The van der Waals surface area contributed by atoms with E-state index in [0.717, 1.165) is 25.8 Å². The van der Waals surface area contributed by atoms with Gasteiger partial charge >= 0.3 is 5.97 Å². The Kier molecular flexibility index (Phi) is 6.13. The molecule has 0 aliphatic carbocycles. The van der Waals surface area contributed by atoms with Gasteiger partial charge in [0.25, 0.3) is 0 Å². The van der Waals surface area contributed by atoms with Gasteiger partial charge in [0.05, 0.1) is 12.6 Å². The van der Waals surface area contributed by atoms with Crippen LogP contribution in [0.5, 0.6) is 0 Å². The first kappa shape index (κ1) is 18.2. The Bertz CT molecular complexity index is 518. The summed E-state index contributed by atoms with van der Waals surface area (Å²) in [6.45, 7) is 2.38. The fourth-order valence-electron chi connectivity index (χ4n) is 3.04. The molecule has 0 aromatic heterocycles. The third-order valence-electron chi connectivity index (χ3n) is 4.37. The maximum atomic E-state index is 12.5. The van der Waals surface area contributed by atoms with E-state index in [9.17, 15) is 19.2 Å². The van der Waals surface area contributed by atoms with Gasteiger partial charge in [-0.15, -0.1) is 0 Å². The lowest BCUT2D eigenvalue weighted by Gasteiger charge is -2.26. The van der Waals surface area contributed by atoms with Gasteiger partial charge in [-0.25, -0.2) is 0 Å². The van der Waals surface area contributed by atoms with Gasteiger partial charge in [0.15, 0.2) is 0 Å². The molecule has 0 aromatic carbocycles. The van der Waals surface area contributed by atoms with Crippen LogP contribution in [0.25, 0.3) is 0 Å². The molecule has 9 nitrogen and oxygen atoms in total. The van der Waals surface area contributed by atoms with Crippen molar-refractivity contribution in [1.29, 1.82) is 0 Å². The highest BCUT2D eigenvalue weighted by Crippen LogP contribution is 2.20. The molecule has 0 saturated carbocycles. The number of carboxylic acids is 1. The number of hydrogen-bond donors (Lipinski definition) is 4. The minimum absolute atomic E-state index is 0.0610. The van der Waals surface area contributed by atoms with E-state index < -0.39 is 24.0 Å². The number of amides is 3. The zero-order valence-electron chi connectivity index (χ0n) is 13.7. The van der Waals surface area contributed by atoms with Crippen molar-refractivity contribution in [3.05, 3.63) is 0 Å². The molecule has 2 heterocycles. The van der Waals surface area contributed by atoms with Crippen molar-refractivity contribution in [2.75, 3.05) is 19.6 Å². The third kappa shape index (κ3) is 4.44.